The Hall–Kier alpha value is -1.07. The highest BCUT2D eigenvalue weighted by Crippen LogP contribution is 2.36. The zero-order valence-electron chi connectivity index (χ0n) is 12.7. The van der Waals surface area contributed by atoms with Crippen LogP contribution in [-0.2, 0) is 4.43 Å². The second-order valence-electron chi connectivity index (χ2n) is 6.29. The number of rotatable bonds is 6. The SMILES string of the molecule is CC(C)(C)[Si](C)(C)OCCCNc1ccc(O)cn1. The number of pyridine rings is 1. The van der Waals surface area contributed by atoms with E-state index in [-0.39, 0.29) is 10.8 Å². The lowest BCUT2D eigenvalue weighted by Crippen LogP contribution is -2.41. The van der Waals surface area contributed by atoms with Crippen LogP contribution < -0.4 is 5.32 Å². The molecule has 5 heteroatoms. The fourth-order valence-electron chi connectivity index (χ4n) is 1.32. The quantitative estimate of drug-likeness (QED) is 0.618. The average molecular weight is 282 g/mol. The third-order valence-corrected chi connectivity index (χ3v) is 8.18. The minimum Gasteiger partial charge on any atom is -0.506 e. The standard InChI is InChI=1S/C14H26N2O2Si/c1-14(2,3)19(4,5)18-10-6-9-15-13-8-7-12(17)11-16-13/h7-8,11,17H,6,9-10H2,1-5H3,(H,15,16). The Morgan fingerprint density at radius 3 is 2.53 bits per heavy atom. The van der Waals surface area contributed by atoms with Crippen molar-refractivity contribution in [2.75, 3.05) is 18.5 Å². The summed E-state index contributed by atoms with van der Waals surface area (Å²) in [6.07, 6.45) is 2.39. The van der Waals surface area contributed by atoms with E-state index in [4.69, 9.17) is 9.53 Å². The number of nitrogens with one attached hydrogen (secondary N) is 1. The molecule has 2 N–H and O–H groups in total. The molecule has 0 radical (unpaired) electrons. The van der Waals surface area contributed by atoms with E-state index in [9.17, 15) is 0 Å². The molecule has 0 atom stereocenters. The molecule has 0 fully saturated rings. The Labute approximate surface area is 117 Å². The lowest BCUT2D eigenvalue weighted by Gasteiger charge is -2.36. The first-order chi connectivity index (χ1) is 8.72. The van der Waals surface area contributed by atoms with Gasteiger partial charge < -0.3 is 14.8 Å². The van der Waals surface area contributed by atoms with Crippen LogP contribution in [0, 0.1) is 0 Å². The summed E-state index contributed by atoms with van der Waals surface area (Å²) in [6.45, 7) is 12.9. The maximum atomic E-state index is 9.13. The Morgan fingerprint density at radius 1 is 1.32 bits per heavy atom. The topological polar surface area (TPSA) is 54.4 Å². The summed E-state index contributed by atoms with van der Waals surface area (Å²) in [5.74, 6) is 0.969. The lowest BCUT2D eigenvalue weighted by atomic mass is 10.2. The van der Waals surface area contributed by atoms with Crippen LogP contribution in [0.3, 0.4) is 0 Å². The molecule has 0 unspecified atom stereocenters. The van der Waals surface area contributed by atoms with E-state index in [1.165, 1.54) is 6.20 Å². The smallest absolute Gasteiger partial charge is 0.191 e. The molecule has 108 valence electrons. The molecule has 0 aliphatic heterocycles. The third kappa shape index (κ3) is 5.20. The van der Waals surface area contributed by atoms with Gasteiger partial charge in [0.2, 0.25) is 0 Å². The molecule has 4 nitrogen and oxygen atoms in total. The van der Waals surface area contributed by atoms with Gasteiger partial charge in [-0.3, -0.25) is 0 Å². The molecule has 1 rings (SSSR count). The maximum Gasteiger partial charge on any atom is 0.191 e. The van der Waals surface area contributed by atoms with Crippen LogP contribution in [0.5, 0.6) is 5.75 Å². The van der Waals surface area contributed by atoms with Gasteiger partial charge in [0.15, 0.2) is 8.32 Å². The Kier molecular flexibility index (Phi) is 5.37. The van der Waals surface area contributed by atoms with E-state index in [0.29, 0.717) is 0 Å². The van der Waals surface area contributed by atoms with E-state index in [2.05, 4.69) is 44.2 Å². The summed E-state index contributed by atoms with van der Waals surface area (Å²) in [5.41, 5.74) is 0. The molecule has 0 saturated heterocycles. The maximum absolute atomic E-state index is 9.13. The van der Waals surface area contributed by atoms with Gasteiger partial charge in [0, 0.05) is 13.2 Å². The van der Waals surface area contributed by atoms with Crippen LogP contribution in [-0.4, -0.2) is 31.6 Å². The van der Waals surface area contributed by atoms with E-state index < -0.39 is 8.32 Å². The highest BCUT2D eigenvalue weighted by molar-refractivity contribution is 6.74. The van der Waals surface area contributed by atoms with Gasteiger partial charge >= 0.3 is 0 Å². The molecule has 1 aromatic heterocycles. The summed E-state index contributed by atoms with van der Waals surface area (Å²) in [7, 11) is -1.62. The monoisotopic (exact) mass is 282 g/mol. The molecular formula is C14H26N2O2Si. The number of nitrogens with zero attached hydrogens (tertiary/aromatic N) is 1. The highest BCUT2D eigenvalue weighted by atomic mass is 28.4. The molecule has 1 aromatic rings. The average Bonchev–Trinajstić information content (AvgIpc) is 2.29. The first-order valence-corrected chi connectivity index (χ1v) is 9.66. The molecule has 0 aliphatic carbocycles. The van der Waals surface area contributed by atoms with E-state index >= 15 is 0 Å². The number of aromatic nitrogens is 1. The van der Waals surface area contributed by atoms with Crippen LogP contribution in [0.1, 0.15) is 27.2 Å². The van der Waals surface area contributed by atoms with Crippen molar-refractivity contribution < 1.29 is 9.53 Å². The molecule has 0 amide bonds. The first-order valence-electron chi connectivity index (χ1n) is 6.75. The van der Waals surface area contributed by atoms with Crippen molar-refractivity contribution in [3.8, 4) is 5.75 Å². The number of hydrogen-bond donors (Lipinski definition) is 2. The van der Waals surface area contributed by atoms with Crippen LogP contribution >= 0.6 is 0 Å². The van der Waals surface area contributed by atoms with Crippen molar-refractivity contribution in [1.82, 2.24) is 4.98 Å². The van der Waals surface area contributed by atoms with E-state index in [1.54, 1.807) is 12.1 Å². The van der Waals surface area contributed by atoms with Crippen molar-refractivity contribution in [3.63, 3.8) is 0 Å². The molecule has 0 bridgehead atoms. The van der Waals surface area contributed by atoms with E-state index in [0.717, 1.165) is 25.4 Å². The summed E-state index contributed by atoms with van der Waals surface area (Å²) < 4.78 is 6.09. The highest BCUT2D eigenvalue weighted by Gasteiger charge is 2.36. The van der Waals surface area contributed by atoms with Gasteiger partial charge in [-0.15, -0.1) is 0 Å². The molecule has 19 heavy (non-hydrogen) atoms. The zero-order valence-corrected chi connectivity index (χ0v) is 13.7. The van der Waals surface area contributed by atoms with Crippen molar-refractivity contribution in [2.45, 2.75) is 45.3 Å². The zero-order chi connectivity index (χ0) is 14.5. The van der Waals surface area contributed by atoms with Gasteiger partial charge in [0.05, 0.1) is 6.20 Å². The molecular weight excluding hydrogens is 256 g/mol. The minimum absolute atomic E-state index is 0.187. The molecule has 0 aromatic carbocycles. The molecule has 0 aliphatic rings. The van der Waals surface area contributed by atoms with Crippen LogP contribution in [0.4, 0.5) is 5.82 Å². The van der Waals surface area contributed by atoms with Crippen molar-refractivity contribution in [3.05, 3.63) is 18.3 Å². The van der Waals surface area contributed by atoms with Gasteiger partial charge in [0.25, 0.3) is 0 Å². The lowest BCUT2D eigenvalue weighted by molar-refractivity contribution is 0.286. The van der Waals surface area contributed by atoms with Gasteiger partial charge in [-0.2, -0.15) is 0 Å². The van der Waals surface area contributed by atoms with Crippen molar-refractivity contribution in [2.24, 2.45) is 0 Å². The Balaban J connectivity index is 2.23. The molecule has 1 heterocycles. The second kappa shape index (κ2) is 6.39. The predicted octanol–water partition coefficient (Wildman–Crippen LogP) is 3.61. The fraction of sp³-hybridized carbons (Fsp3) is 0.643. The first kappa shape index (κ1) is 16.0. The summed E-state index contributed by atoms with van der Waals surface area (Å²) in [6, 6.07) is 3.39. The number of aromatic hydroxyl groups is 1. The van der Waals surface area contributed by atoms with Crippen molar-refractivity contribution >= 4 is 14.1 Å². The molecule has 0 spiro atoms. The summed E-state index contributed by atoms with van der Waals surface area (Å²) in [5, 5.41) is 12.6. The summed E-state index contributed by atoms with van der Waals surface area (Å²) in [4.78, 5) is 4.07. The summed E-state index contributed by atoms with van der Waals surface area (Å²) >= 11 is 0. The van der Waals surface area contributed by atoms with Gasteiger partial charge in [-0.1, -0.05) is 20.8 Å². The number of anilines is 1. The normalized spacial score (nSPS) is 12.5. The second-order valence-corrected chi connectivity index (χ2v) is 11.1. The predicted molar refractivity (Wildman–Crippen MR) is 82.2 cm³/mol. The molecule has 0 saturated carbocycles. The Bertz CT molecular complexity index is 385. The van der Waals surface area contributed by atoms with Crippen LogP contribution in [0.2, 0.25) is 18.1 Å². The van der Waals surface area contributed by atoms with E-state index in [1.807, 2.05) is 0 Å². The minimum atomic E-state index is -1.62. The fourth-order valence-corrected chi connectivity index (χ4v) is 2.41. The van der Waals surface area contributed by atoms with Gasteiger partial charge in [0.1, 0.15) is 11.6 Å². The Morgan fingerprint density at radius 2 is 2.00 bits per heavy atom. The van der Waals surface area contributed by atoms with Gasteiger partial charge in [-0.05, 0) is 36.7 Å². The largest absolute Gasteiger partial charge is 0.506 e. The van der Waals surface area contributed by atoms with Gasteiger partial charge in [-0.25, -0.2) is 4.98 Å². The number of hydrogen-bond acceptors (Lipinski definition) is 4. The third-order valence-electron chi connectivity index (χ3n) is 3.64. The van der Waals surface area contributed by atoms with Crippen LogP contribution in [0.15, 0.2) is 18.3 Å². The van der Waals surface area contributed by atoms with Crippen LogP contribution in [0.25, 0.3) is 0 Å². The van der Waals surface area contributed by atoms with Crippen molar-refractivity contribution in [1.29, 1.82) is 0 Å².